The van der Waals surface area contributed by atoms with Crippen LogP contribution < -0.4 is 15.4 Å². The molecule has 7 heteroatoms. The molecule has 1 aromatic rings. The van der Waals surface area contributed by atoms with Gasteiger partial charge < -0.3 is 25.0 Å². The minimum absolute atomic E-state index is 0.104. The molecule has 1 fully saturated rings. The van der Waals surface area contributed by atoms with Crippen LogP contribution in [0.4, 0.5) is 4.39 Å². The van der Waals surface area contributed by atoms with Crippen LogP contribution in [0.25, 0.3) is 0 Å². The first-order valence-electron chi connectivity index (χ1n) is 9.71. The highest BCUT2D eigenvalue weighted by Gasteiger charge is 2.19. The number of ether oxygens (including phenoxy) is 2. The standard InChI is InChI=1S/C20H33FN4O2/c1-16(27-19-7-4-6-17(21)14-19)15-23-20(22-2)24-18-8-11-25(12-9-18)10-5-13-26-3/h4,6-7,14,16,18H,5,8-13,15H2,1-3H3,(H2,22,23,24). The summed E-state index contributed by atoms with van der Waals surface area (Å²) in [6, 6.07) is 6.63. The van der Waals surface area contributed by atoms with Gasteiger partial charge in [-0.25, -0.2) is 4.39 Å². The van der Waals surface area contributed by atoms with Crippen LogP contribution in [-0.4, -0.2) is 69.9 Å². The summed E-state index contributed by atoms with van der Waals surface area (Å²) in [6.07, 6.45) is 3.18. The van der Waals surface area contributed by atoms with E-state index in [0.717, 1.165) is 51.5 Å². The maximum Gasteiger partial charge on any atom is 0.191 e. The lowest BCUT2D eigenvalue weighted by molar-refractivity contribution is 0.155. The lowest BCUT2D eigenvalue weighted by atomic mass is 10.1. The Kier molecular flexibility index (Phi) is 9.35. The number of hydrogen-bond acceptors (Lipinski definition) is 4. The Bertz CT molecular complexity index is 577. The van der Waals surface area contributed by atoms with Crippen LogP contribution in [0.3, 0.4) is 0 Å². The molecule has 0 spiro atoms. The first kappa shape index (κ1) is 21.4. The number of piperidine rings is 1. The Balaban J connectivity index is 1.67. The zero-order valence-electron chi connectivity index (χ0n) is 16.7. The molecule has 1 atom stereocenters. The number of nitrogens with one attached hydrogen (secondary N) is 2. The van der Waals surface area contributed by atoms with Crippen molar-refractivity contribution in [1.29, 1.82) is 0 Å². The minimum Gasteiger partial charge on any atom is -0.489 e. The predicted octanol–water partition coefficient (Wildman–Crippen LogP) is 2.26. The Labute approximate surface area is 162 Å². The summed E-state index contributed by atoms with van der Waals surface area (Å²) in [7, 11) is 3.52. The van der Waals surface area contributed by atoms with Gasteiger partial charge in [-0.15, -0.1) is 0 Å². The molecule has 0 aliphatic carbocycles. The fraction of sp³-hybridized carbons (Fsp3) is 0.650. The third-order valence-corrected chi connectivity index (χ3v) is 4.67. The monoisotopic (exact) mass is 380 g/mol. The lowest BCUT2D eigenvalue weighted by Gasteiger charge is -2.33. The number of hydrogen-bond donors (Lipinski definition) is 2. The van der Waals surface area contributed by atoms with Gasteiger partial charge >= 0.3 is 0 Å². The molecule has 27 heavy (non-hydrogen) atoms. The smallest absolute Gasteiger partial charge is 0.191 e. The molecule has 2 rings (SSSR count). The van der Waals surface area contributed by atoms with Gasteiger partial charge in [0, 0.05) is 52.5 Å². The van der Waals surface area contributed by atoms with Crippen LogP contribution in [-0.2, 0) is 4.74 Å². The highest BCUT2D eigenvalue weighted by atomic mass is 19.1. The molecule has 1 aliphatic heterocycles. The van der Waals surface area contributed by atoms with Crippen LogP contribution in [0.1, 0.15) is 26.2 Å². The summed E-state index contributed by atoms with van der Waals surface area (Å²) >= 11 is 0. The number of rotatable bonds is 9. The van der Waals surface area contributed by atoms with Crippen molar-refractivity contribution in [1.82, 2.24) is 15.5 Å². The molecule has 1 aromatic carbocycles. The summed E-state index contributed by atoms with van der Waals surface area (Å²) in [4.78, 5) is 6.79. The van der Waals surface area contributed by atoms with Crippen molar-refractivity contribution < 1.29 is 13.9 Å². The number of nitrogens with zero attached hydrogens (tertiary/aromatic N) is 2. The normalized spacial score (nSPS) is 17.6. The topological polar surface area (TPSA) is 58.1 Å². The van der Waals surface area contributed by atoms with E-state index in [9.17, 15) is 4.39 Å². The van der Waals surface area contributed by atoms with Crippen molar-refractivity contribution in [3.05, 3.63) is 30.1 Å². The largest absolute Gasteiger partial charge is 0.489 e. The summed E-state index contributed by atoms with van der Waals surface area (Å²) < 4.78 is 24.1. The second-order valence-corrected chi connectivity index (χ2v) is 6.95. The molecule has 0 aromatic heterocycles. The van der Waals surface area contributed by atoms with E-state index in [1.54, 1.807) is 26.3 Å². The first-order chi connectivity index (χ1) is 13.1. The lowest BCUT2D eigenvalue weighted by Crippen LogP contribution is -2.50. The van der Waals surface area contributed by atoms with Gasteiger partial charge in [-0.1, -0.05) is 6.07 Å². The van der Waals surface area contributed by atoms with Crippen LogP contribution in [0.15, 0.2) is 29.3 Å². The Morgan fingerprint density at radius 1 is 1.37 bits per heavy atom. The maximum absolute atomic E-state index is 13.2. The zero-order chi connectivity index (χ0) is 19.5. The number of halogens is 1. The number of benzene rings is 1. The average Bonchev–Trinajstić information content (AvgIpc) is 2.66. The first-order valence-corrected chi connectivity index (χ1v) is 9.71. The van der Waals surface area contributed by atoms with Crippen LogP contribution in [0.2, 0.25) is 0 Å². The fourth-order valence-electron chi connectivity index (χ4n) is 3.18. The summed E-state index contributed by atoms with van der Waals surface area (Å²) in [6.45, 7) is 6.65. The molecule has 0 amide bonds. The van der Waals surface area contributed by atoms with Crippen molar-refractivity contribution in [2.75, 3.05) is 46.9 Å². The van der Waals surface area contributed by atoms with E-state index in [-0.39, 0.29) is 11.9 Å². The van der Waals surface area contributed by atoms with E-state index < -0.39 is 0 Å². The van der Waals surface area contributed by atoms with Gasteiger partial charge in [0.1, 0.15) is 17.7 Å². The summed E-state index contributed by atoms with van der Waals surface area (Å²) in [5.74, 6) is 1.02. The number of aliphatic imine (C=N–C) groups is 1. The van der Waals surface area contributed by atoms with Gasteiger partial charge in [-0.05, 0) is 38.3 Å². The third kappa shape index (κ3) is 8.13. The van der Waals surface area contributed by atoms with Crippen molar-refractivity contribution in [3.63, 3.8) is 0 Å². The quantitative estimate of drug-likeness (QED) is 0.391. The average molecular weight is 381 g/mol. The molecule has 1 saturated heterocycles. The molecule has 1 aliphatic rings. The van der Waals surface area contributed by atoms with E-state index >= 15 is 0 Å². The van der Waals surface area contributed by atoms with Gasteiger partial charge in [0.2, 0.25) is 0 Å². The molecule has 2 N–H and O–H groups in total. The van der Waals surface area contributed by atoms with Crippen LogP contribution in [0, 0.1) is 5.82 Å². The van der Waals surface area contributed by atoms with E-state index in [0.29, 0.717) is 18.3 Å². The highest BCUT2D eigenvalue weighted by molar-refractivity contribution is 5.80. The predicted molar refractivity (Wildman–Crippen MR) is 107 cm³/mol. The molecular formula is C20H33FN4O2. The van der Waals surface area contributed by atoms with Crippen LogP contribution in [0.5, 0.6) is 5.75 Å². The summed E-state index contributed by atoms with van der Waals surface area (Å²) in [5.41, 5.74) is 0. The molecule has 6 nitrogen and oxygen atoms in total. The van der Waals surface area contributed by atoms with Gasteiger partial charge in [0.25, 0.3) is 0 Å². The van der Waals surface area contributed by atoms with Gasteiger partial charge in [0.15, 0.2) is 5.96 Å². The highest BCUT2D eigenvalue weighted by Crippen LogP contribution is 2.13. The van der Waals surface area contributed by atoms with Crippen molar-refractivity contribution >= 4 is 5.96 Å². The number of likely N-dealkylation sites (tertiary alicyclic amines) is 1. The molecule has 152 valence electrons. The zero-order valence-corrected chi connectivity index (χ0v) is 16.7. The molecule has 0 bridgehead atoms. The van der Waals surface area contributed by atoms with Crippen molar-refractivity contribution in [3.8, 4) is 5.75 Å². The second-order valence-electron chi connectivity index (χ2n) is 6.95. The molecule has 0 radical (unpaired) electrons. The van der Waals surface area contributed by atoms with Gasteiger partial charge in [-0.3, -0.25) is 4.99 Å². The van der Waals surface area contributed by atoms with Crippen molar-refractivity contribution in [2.24, 2.45) is 4.99 Å². The maximum atomic E-state index is 13.2. The number of methoxy groups -OCH3 is 1. The SMILES string of the molecule is CN=C(NCC(C)Oc1cccc(F)c1)NC1CCN(CCCOC)CC1. The van der Waals surface area contributed by atoms with E-state index in [1.165, 1.54) is 12.1 Å². The van der Waals surface area contributed by atoms with Crippen LogP contribution >= 0.6 is 0 Å². The van der Waals surface area contributed by atoms with Gasteiger partial charge in [0.05, 0.1) is 6.54 Å². The Morgan fingerprint density at radius 2 is 2.15 bits per heavy atom. The summed E-state index contributed by atoms with van der Waals surface area (Å²) in [5, 5.41) is 6.79. The molecular weight excluding hydrogens is 347 g/mol. The molecule has 0 saturated carbocycles. The van der Waals surface area contributed by atoms with E-state index in [4.69, 9.17) is 9.47 Å². The minimum atomic E-state index is -0.293. The van der Waals surface area contributed by atoms with Crippen molar-refractivity contribution in [2.45, 2.75) is 38.3 Å². The van der Waals surface area contributed by atoms with E-state index in [2.05, 4.69) is 20.5 Å². The third-order valence-electron chi connectivity index (χ3n) is 4.67. The fourth-order valence-corrected chi connectivity index (χ4v) is 3.18. The molecule has 1 heterocycles. The second kappa shape index (κ2) is 11.8. The Hall–Kier alpha value is -1.86. The van der Waals surface area contributed by atoms with Gasteiger partial charge in [-0.2, -0.15) is 0 Å². The molecule has 1 unspecified atom stereocenters. The van der Waals surface area contributed by atoms with E-state index in [1.807, 2.05) is 6.92 Å². The number of guanidine groups is 1. The Morgan fingerprint density at radius 3 is 2.81 bits per heavy atom.